The summed E-state index contributed by atoms with van der Waals surface area (Å²) in [5.41, 5.74) is 2.39. The number of hydrogen-bond acceptors (Lipinski definition) is 3. The first-order chi connectivity index (χ1) is 3.27. The summed E-state index contributed by atoms with van der Waals surface area (Å²) in [5.74, 6) is 0. The maximum Gasteiger partial charge on any atom is 0.0324 e. The predicted octanol–water partition coefficient (Wildman–Crippen LogP) is -1.11. The van der Waals surface area contributed by atoms with Crippen LogP contribution in [0.1, 0.15) is 6.92 Å². The third kappa shape index (κ3) is 6.03. The van der Waals surface area contributed by atoms with E-state index in [1.54, 1.807) is 6.92 Å². The SMILES string of the molecule is CCNNS(=O)[O-]. The topological polar surface area (TPSA) is 64.2 Å². The van der Waals surface area contributed by atoms with Gasteiger partial charge in [-0.3, -0.25) is 4.21 Å². The molecule has 0 fully saturated rings. The molecule has 4 nitrogen and oxygen atoms in total. The van der Waals surface area contributed by atoms with E-state index in [1.807, 2.05) is 4.83 Å². The van der Waals surface area contributed by atoms with Crippen molar-refractivity contribution in [1.29, 1.82) is 0 Å². The van der Waals surface area contributed by atoms with Crippen molar-refractivity contribution < 1.29 is 8.76 Å². The van der Waals surface area contributed by atoms with Gasteiger partial charge in [-0.15, -0.1) is 0 Å². The lowest BCUT2D eigenvalue weighted by molar-refractivity contribution is 0.507. The molecule has 0 saturated carbocycles. The van der Waals surface area contributed by atoms with Crippen LogP contribution < -0.4 is 10.3 Å². The molecular formula is C2H7N2O2S-. The number of nitrogens with one attached hydrogen (secondary N) is 2. The molecule has 0 aromatic carbocycles. The standard InChI is InChI=1S/C2H8N2O2S/c1-2-3-4-7(5)6/h3-4H,2H2,1H3,(H,5,6)/p-1. The molecule has 0 aromatic heterocycles. The van der Waals surface area contributed by atoms with E-state index in [-0.39, 0.29) is 0 Å². The van der Waals surface area contributed by atoms with Gasteiger partial charge in [-0.25, -0.2) is 5.43 Å². The lowest BCUT2D eigenvalue weighted by Crippen LogP contribution is -2.32. The van der Waals surface area contributed by atoms with Gasteiger partial charge in [0.25, 0.3) is 0 Å². The second-order valence-electron chi connectivity index (χ2n) is 0.867. The highest BCUT2D eigenvalue weighted by Gasteiger charge is 1.72. The second kappa shape index (κ2) is 4.20. The van der Waals surface area contributed by atoms with Gasteiger partial charge < -0.3 is 4.55 Å². The first kappa shape index (κ1) is 7.03. The van der Waals surface area contributed by atoms with Crippen molar-refractivity contribution >= 4 is 11.3 Å². The molecular weight excluding hydrogens is 116 g/mol. The van der Waals surface area contributed by atoms with Gasteiger partial charge in [-0.2, -0.15) is 4.83 Å². The lowest BCUT2D eigenvalue weighted by Gasteiger charge is -2.04. The van der Waals surface area contributed by atoms with Crippen molar-refractivity contribution in [3.8, 4) is 0 Å². The molecule has 0 bridgehead atoms. The van der Waals surface area contributed by atoms with Gasteiger partial charge in [0.1, 0.15) is 0 Å². The largest absolute Gasteiger partial charge is 0.759 e. The average molecular weight is 123 g/mol. The minimum Gasteiger partial charge on any atom is -0.759 e. The van der Waals surface area contributed by atoms with E-state index in [2.05, 4.69) is 5.43 Å². The van der Waals surface area contributed by atoms with E-state index >= 15 is 0 Å². The van der Waals surface area contributed by atoms with Crippen LogP contribution in [0.5, 0.6) is 0 Å². The molecule has 44 valence electrons. The Balaban J connectivity index is 2.82. The predicted molar refractivity (Wildman–Crippen MR) is 25.7 cm³/mol. The van der Waals surface area contributed by atoms with Gasteiger partial charge in [-0.1, -0.05) is 6.92 Å². The molecule has 1 atom stereocenters. The van der Waals surface area contributed by atoms with Crippen LogP contribution >= 0.6 is 0 Å². The van der Waals surface area contributed by atoms with Crippen LogP contribution in [-0.2, 0) is 11.3 Å². The van der Waals surface area contributed by atoms with Crippen molar-refractivity contribution in [2.24, 2.45) is 0 Å². The molecule has 5 heteroatoms. The van der Waals surface area contributed by atoms with E-state index in [0.29, 0.717) is 6.54 Å². The Morgan fingerprint density at radius 2 is 2.43 bits per heavy atom. The minimum absolute atomic E-state index is 0.591. The minimum atomic E-state index is -2.18. The van der Waals surface area contributed by atoms with Crippen molar-refractivity contribution in [3.05, 3.63) is 0 Å². The van der Waals surface area contributed by atoms with Crippen LogP contribution in [0.2, 0.25) is 0 Å². The molecule has 0 radical (unpaired) electrons. The van der Waals surface area contributed by atoms with Gasteiger partial charge in [0.15, 0.2) is 0 Å². The first-order valence-corrected chi connectivity index (χ1v) is 2.92. The van der Waals surface area contributed by atoms with Crippen LogP contribution in [0.25, 0.3) is 0 Å². The van der Waals surface area contributed by atoms with Gasteiger partial charge >= 0.3 is 0 Å². The summed E-state index contributed by atoms with van der Waals surface area (Å²) in [4.78, 5) is 1.96. The molecule has 2 N–H and O–H groups in total. The van der Waals surface area contributed by atoms with E-state index in [9.17, 15) is 8.76 Å². The molecule has 0 aliphatic rings. The van der Waals surface area contributed by atoms with Crippen molar-refractivity contribution in [2.75, 3.05) is 6.54 Å². The molecule has 0 heterocycles. The molecule has 0 rings (SSSR count). The van der Waals surface area contributed by atoms with Gasteiger partial charge in [0.05, 0.1) is 0 Å². The Hall–Kier alpha value is 0.0300. The summed E-state index contributed by atoms with van der Waals surface area (Å²) in [6, 6.07) is 0. The van der Waals surface area contributed by atoms with E-state index < -0.39 is 11.3 Å². The van der Waals surface area contributed by atoms with Crippen molar-refractivity contribution in [2.45, 2.75) is 6.92 Å². The summed E-state index contributed by atoms with van der Waals surface area (Å²) >= 11 is -2.18. The maximum absolute atomic E-state index is 9.58. The highest BCUT2D eigenvalue weighted by molar-refractivity contribution is 7.76. The first-order valence-electron chi connectivity index (χ1n) is 1.85. The Labute approximate surface area is 44.7 Å². The van der Waals surface area contributed by atoms with Crippen LogP contribution in [-0.4, -0.2) is 15.3 Å². The molecule has 7 heavy (non-hydrogen) atoms. The quantitative estimate of drug-likeness (QED) is 0.369. The summed E-state index contributed by atoms with van der Waals surface area (Å²) in [6.07, 6.45) is 0. The van der Waals surface area contributed by atoms with Gasteiger partial charge in [0.2, 0.25) is 0 Å². The third-order valence-electron chi connectivity index (χ3n) is 0.332. The molecule has 0 spiro atoms. The highest BCUT2D eigenvalue weighted by atomic mass is 32.2. The van der Waals surface area contributed by atoms with Gasteiger partial charge in [0, 0.05) is 17.8 Å². The Bertz CT molecular complexity index is 66.7. The molecule has 0 saturated heterocycles. The van der Waals surface area contributed by atoms with Crippen molar-refractivity contribution in [3.63, 3.8) is 0 Å². The van der Waals surface area contributed by atoms with E-state index in [4.69, 9.17) is 0 Å². The fraction of sp³-hybridized carbons (Fsp3) is 1.00. The summed E-state index contributed by atoms with van der Waals surface area (Å²) in [7, 11) is 0. The van der Waals surface area contributed by atoms with E-state index in [0.717, 1.165) is 0 Å². The zero-order chi connectivity index (χ0) is 5.70. The molecule has 0 aliphatic heterocycles. The third-order valence-corrected chi connectivity index (χ3v) is 0.643. The number of hydrogen-bond donors (Lipinski definition) is 2. The summed E-state index contributed by atoms with van der Waals surface area (Å²) in [5, 5.41) is 0. The fourth-order valence-electron chi connectivity index (χ4n) is 0.131. The lowest BCUT2D eigenvalue weighted by atomic mass is 10.8. The van der Waals surface area contributed by atoms with Crippen LogP contribution in [0.4, 0.5) is 0 Å². The van der Waals surface area contributed by atoms with Crippen LogP contribution in [0.15, 0.2) is 0 Å². The highest BCUT2D eigenvalue weighted by Crippen LogP contribution is 1.52. The van der Waals surface area contributed by atoms with Crippen LogP contribution in [0, 0.1) is 0 Å². The van der Waals surface area contributed by atoms with Crippen molar-refractivity contribution in [1.82, 2.24) is 10.3 Å². The molecule has 1 unspecified atom stereocenters. The maximum atomic E-state index is 9.58. The zero-order valence-corrected chi connectivity index (χ0v) is 4.75. The molecule has 0 amide bonds. The fourth-order valence-corrected chi connectivity index (χ4v) is 0.393. The summed E-state index contributed by atoms with van der Waals surface area (Å²) in [6.45, 7) is 2.38. The normalized spacial score (nSPS) is 14.0. The molecule has 0 aromatic rings. The zero-order valence-electron chi connectivity index (χ0n) is 3.93. The van der Waals surface area contributed by atoms with E-state index in [1.165, 1.54) is 0 Å². The molecule has 0 aliphatic carbocycles. The Morgan fingerprint density at radius 3 is 2.57 bits per heavy atom. The number of rotatable bonds is 3. The van der Waals surface area contributed by atoms with Gasteiger partial charge in [-0.05, 0) is 0 Å². The van der Waals surface area contributed by atoms with Crippen LogP contribution in [0.3, 0.4) is 0 Å². The Kier molecular flexibility index (Phi) is 4.21. The Morgan fingerprint density at radius 1 is 1.86 bits per heavy atom. The number of hydrazine groups is 1. The summed E-state index contributed by atoms with van der Waals surface area (Å²) < 4.78 is 19.2. The average Bonchev–Trinajstić information content (AvgIpc) is 1.61. The second-order valence-corrected chi connectivity index (χ2v) is 1.54. The smallest absolute Gasteiger partial charge is 0.0324 e. The monoisotopic (exact) mass is 123 g/mol.